The first-order chi connectivity index (χ1) is 16.6. The van der Waals surface area contributed by atoms with E-state index in [9.17, 15) is 4.79 Å². The van der Waals surface area contributed by atoms with Crippen LogP contribution in [-0.2, 0) is 9.53 Å². The molecule has 0 aliphatic carbocycles. The molecule has 0 saturated carbocycles. The van der Waals surface area contributed by atoms with E-state index in [1.165, 1.54) is 0 Å². The molecule has 6 rings (SSSR count). The van der Waals surface area contributed by atoms with Crippen LogP contribution in [0.4, 0.5) is 5.69 Å². The summed E-state index contributed by atoms with van der Waals surface area (Å²) in [5, 5.41) is 2.83. The number of pyridine rings is 1. The largest absolute Gasteiger partial charge is 0.460 e. The molecule has 3 fully saturated rings. The number of hydrogen-bond donors (Lipinski definition) is 2. The number of ether oxygens (including phenoxy) is 2. The van der Waals surface area contributed by atoms with Crippen molar-refractivity contribution in [3.05, 3.63) is 49.1 Å². The van der Waals surface area contributed by atoms with Gasteiger partial charge in [0.2, 0.25) is 5.91 Å². The number of amides is 1. The topological polar surface area (TPSA) is 95.6 Å². The van der Waals surface area contributed by atoms with Crippen LogP contribution < -0.4 is 15.0 Å². The minimum absolute atomic E-state index is 0.0242. The Bertz CT molecular complexity index is 1210. The number of H-pyrrole nitrogens is 1. The molecule has 2 aromatic heterocycles. The first-order valence-corrected chi connectivity index (χ1v) is 11.8. The predicted molar refractivity (Wildman–Crippen MR) is 129 cm³/mol. The number of carbonyl (C=O) groups excluding carboxylic acids is 1. The van der Waals surface area contributed by atoms with Gasteiger partial charge in [-0.3, -0.25) is 14.7 Å². The van der Waals surface area contributed by atoms with Gasteiger partial charge in [0.1, 0.15) is 11.3 Å². The minimum atomic E-state index is -0.0418. The number of imidazole rings is 1. The van der Waals surface area contributed by atoms with Crippen LogP contribution in [0.2, 0.25) is 0 Å². The van der Waals surface area contributed by atoms with E-state index in [1.807, 2.05) is 18.3 Å². The van der Waals surface area contributed by atoms with Crippen molar-refractivity contribution in [1.29, 1.82) is 0 Å². The van der Waals surface area contributed by atoms with Crippen LogP contribution in [0.15, 0.2) is 49.1 Å². The van der Waals surface area contributed by atoms with Crippen LogP contribution >= 0.6 is 0 Å². The molecule has 3 aliphatic rings. The smallest absolute Gasteiger partial charge is 0.220 e. The molecule has 1 amide bonds. The van der Waals surface area contributed by atoms with Crippen molar-refractivity contribution in [2.75, 3.05) is 50.8 Å². The van der Waals surface area contributed by atoms with E-state index >= 15 is 0 Å². The van der Waals surface area contributed by atoms with Crippen molar-refractivity contribution < 1.29 is 14.3 Å². The molecule has 5 heterocycles. The van der Waals surface area contributed by atoms with E-state index in [2.05, 4.69) is 43.8 Å². The third-order valence-electron chi connectivity index (χ3n) is 7.02. The number of nitrogens with zero attached hydrogens (tertiary/aromatic N) is 4. The van der Waals surface area contributed by atoms with E-state index in [-0.39, 0.29) is 11.8 Å². The molecule has 3 aliphatic heterocycles. The molecule has 176 valence electrons. The lowest BCUT2D eigenvalue weighted by atomic mass is 10.1. The number of nitrogens with one attached hydrogen (secondary N) is 2. The summed E-state index contributed by atoms with van der Waals surface area (Å²) in [4.78, 5) is 28.8. The Morgan fingerprint density at radius 1 is 1.15 bits per heavy atom. The van der Waals surface area contributed by atoms with Gasteiger partial charge < -0.3 is 24.7 Å². The molecule has 3 saturated heterocycles. The van der Waals surface area contributed by atoms with Gasteiger partial charge in [-0.15, -0.1) is 0 Å². The number of anilines is 1. The van der Waals surface area contributed by atoms with Crippen molar-refractivity contribution >= 4 is 22.6 Å². The Morgan fingerprint density at radius 3 is 2.68 bits per heavy atom. The van der Waals surface area contributed by atoms with E-state index in [4.69, 9.17) is 14.5 Å². The van der Waals surface area contributed by atoms with E-state index in [0.717, 1.165) is 67.4 Å². The van der Waals surface area contributed by atoms with Gasteiger partial charge in [0.05, 0.1) is 48.7 Å². The van der Waals surface area contributed by atoms with Crippen molar-refractivity contribution in [2.45, 2.75) is 12.5 Å². The lowest BCUT2D eigenvalue weighted by molar-refractivity contribution is -0.119. The highest BCUT2D eigenvalue weighted by Crippen LogP contribution is 2.33. The molecular weight excluding hydrogens is 432 g/mol. The van der Waals surface area contributed by atoms with Gasteiger partial charge in [0, 0.05) is 50.6 Å². The number of aromatic nitrogens is 3. The van der Waals surface area contributed by atoms with E-state index < -0.39 is 0 Å². The molecule has 2 N–H and O–H groups in total. The van der Waals surface area contributed by atoms with Crippen molar-refractivity contribution in [1.82, 2.24) is 25.2 Å². The van der Waals surface area contributed by atoms with Crippen LogP contribution in [0.3, 0.4) is 0 Å². The SMILES string of the molecule is C=C(Oc1cc(-c2ccc(N3CCN(C4COC4)CC3)cn2)cc2[nH]cnc12)[C@H]1CNC(=O)C1. The summed E-state index contributed by atoms with van der Waals surface area (Å²) in [5.74, 6) is 1.16. The molecule has 3 aromatic rings. The first kappa shape index (κ1) is 21.1. The minimum Gasteiger partial charge on any atom is -0.460 e. The quantitative estimate of drug-likeness (QED) is 0.545. The highest BCUT2D eigenvalue weighted by atomic mass is 16.5. The fourth-order valence-electron chi connectivity index (χ4n) is 4.82. The highest BCUT2D eigenvalue weighted by molar-refractivity contribution is 5.87. The second-order valence-corrected chi connectivity index (χ2v) is 9.16. The number of aromatic amines is 1. The third-order valence-corrected chi connectivity index (χ3v) is 7.02. The Hall–Kier alpha value is -3.43. The Morgan fingerprint density at radius 2 is 2.00 bits per heavy atom. The maximum Gasteiger partial charge on any atom is 0.220 e. The van der Waals surface area contributed by atoms with Crippen LogP contribution in [0.25, 0.3) is 22.3 Å². The van der Waals surface area contributed by atoms with Gasteiger partial charge in [-0.2, -0.15) is 0 Å². The molecule has 0 bridgehead atoms. The fraction of sp³-hybridized carbons (Fsp3) is 0.400. The lowest BCUT2D eigenvalue weighted by Crippen LogP contribution is -2.56. The van der Waals surface area contributed by atoms with Crippen LogP contribution in [0.5, 0.6) is 5.75 Å². The molecule has 1 aromatic carbocycles. The summed E-state index contributed by atoms with van der Waals surface area (Å²) in [6.45, 7) is 10.4. The van der Waals surface area contributed by atoms with E-state index in [1.54, 1.807) is 6.33 Å². The van der Waals surface area contributed by atoms with Crippen molar-refractivity contribution in [2.24, 2.45) is 5.92 Å². The molecule has 9 heteroatoms. The zero-order valence-corrected chi connectivity index (χ0v) is 19.0. The highest BCUT2D eigenvalue weighted by Gasteiger charge is 2.29. The van der Waals surface area contributed by atoms with Gasteiger partial charge in [0.25, 0.3) is 0 Å². The van der Waals surface area contributed by atoms with Gasteiger partial charge in [0.15, 0.2) is 5.75 Å². The zero-order valence-electron chi connectivity index (χ0n) is 19.0. The van der Waals surface area contributed by atoms with Gasteiger partial charge >= 0.3 is 0 Å². The summed E-state index contributed by atoms with van der Waals surface area (Å²) in [5.41, 5.74) is 4.52. The Kier molecular flexibility index (Phi) is 5.43. The van der Waals surface area contributed by atoms with E-state index in [0.29, 0.717) is 30.5 Å². The first-order valence-electron chi connectivity index (χ1n) is 11.8. The molecule has 9 nitrogen and oxygen atoms in total. The van der Waals surface area contributed by atoms with Gasteiger partial charge in [-0.25, -0.2) is 4.98 Å². The zero-order chi connectivity index (χ0) is 23.1. The number of fused-ring (bicyclic) bond motifs is 1. The van der Waals surface area contributed by atoms with Crippen LogP contribution in [-0.4, -0.2) is 77.7 Å². The van der Waals surface area contributed by atoms with Crippen molar-refractivity contribution in [3.63, 3.8) is 0 Å². The fourth-order valence-corrected chi connectivity index (χ4v) is 4.82. The molecule has 0 radical (unpaired) electrons. The predicted octanol–water partition coefficient (Wildman–Crippen LogP) is 2.17. The maximum atomic E-state index is 11.6. The maximum absolute atomic E-state index is 11.6. The average molecular weight is 461 g/mol. The summed E-state index contributed by atoms with van der Waals surface area (Å²) in [6.07, 6.45) is 3.99. The van der Waals surface area contributed by atoms with Crippen LogP contribution in [0.1, 0.15) is 6.42 Å². The third kappa shape index (κ3) is 4.01. The summed E-state index contributed by atoms with van der Waals surface area (Å²) < 4.78 is 11.5. The summed E-state index contributed by atoms with van der Waals surface area (Å²) in [7, 11) is 0. The second kappa shape index (κ2) is 8.73. The monoisotopic (exact) mass is 460 g/mol. The molecule has 0 unspecified atom stereocenters. The normalized spacial score (nSPS) is 21.5. The summed E-state index contributed by atoms with van der Waals surface area (Å²) in [6, 6.07) is 8.76. The second-order valence-electron chi connectivity index (χ2n) is 9.16. The molecule has 34 heavy (non-hydrogen) atoms. The Balaban J connectivity index is 1.19. The van der Waals surface area contributed by atoms with Crippen molar-refractivity contribution in [3.8, 4) is 17.0 Å². The van der Waals surface area contributed by atoms with Gasteiger partial charge in [-0.1, -0.05) is 6.58 Å². The average Bonchev–Trinajstić information content (AvgIpc) is 3.48. The molecule has 1 atom stereocenters. The summed E-state index contributed by atoms with van der Waals surface area (Å²) >= 11 is 0. The van der Waals surface area contributed by atoms with Gasteiger partial charge in [-0.05, 0) is 24.3 Å². The number of carbonyl (C=O) groups is 1. The number of hydrogen-bond acceptors (Lipinski definition) is 7. The molecule has 0 spiro atoms. The lowest BCUT2D eigenvalue weighted by Gasteiger charge is -2.43. The molecular formula is C25H28N6O3. The Labute approximate surface area is 197 Å². The van der Waals surface area contributed by atoms with Crippen LogP contribution in [0, 0.1) is 5.92 Å². The number of rotatable bonds is 6. The number of benzene rings is 1. The number of piperazine rings is 1. The standard InChI is InChI=1S/C25H28N6O3/c1-16(18-10-24(32)27-11-18)34-23-9-17(8-22-25(23)29-15-28-22)21-3-2-19(12-26-21)30-4-6-31(7-5-30)20-13-33-14-20/h2-3,8-9,12,15,18,20H,1,4-7,10-11,13-14H2,(H,27,32)(H,28,29)/t18-/m1/s1.